The fourth-order valence-corrected chi connectivity index (χ4v) is 0.954. The van der Waals surface area contributed by atoms with Crippen molar-refractivity contribution < 1.29 is 4.74 Å². The van der Waals surface area contributed by atoms with E-state index in [4.69, 9.17) is 15.7 Å². The number of aromatic nitrogens is 2. The molecule has 5 heteroatoms. The Morgan fingerprint density at radius 3 is 3.08 bits per heavy atom. The molecule has 70 valence electrons. The van der Waals surface area contributed by atoms with E-state index in [9.17, 15) is 0 Å². The molecule has 0 spiro atoms. The highest BCUT2D eigenvalue weighted by Gasteiger charge is 2.05. The van der Waals surface area contributed by atoms with Crippen LogP contribution in [0, 0.1) is 11.3 Å². The number of hydrogen-bond acceptors (Lipinski definition) is 4. The number of rotatable bonds is 4. The molecule has 0 radical (unpaired) electrons. The molecular formula is C8H12N4O. The minimum absolute atomic E-state index is 0.405. The van der Waals surface area contributed by atoms with Crippen molar-refractivity contribution in [1.29, 1.82) is 5.26 Å². The summed E-state index contributed by atoms with van der Waals surface area (Å²) >= 11 is 0. The van der Waals surface area contributed by atoms with E-state index in [1.807, 2.05) is 13.0 Å². The van der Waals surface area contributed by atoms with Gasteiger partial charge in [0.15, 0.2) is 0 Å². The predicted molar refractivity (Wildman–Crippen MR) is 47.8 cm³/mol. The second-order valence-corrected chi connectivity index (χ2v) is 2.48. The standard InChI is InChI=1S/C8H12N4O/c1-2-13-4-3-12-8(10)7(5-9)6-11-12/h6H,2-4,10H2,1H3. The van der Waals surface area contributed by atoms with Crippen LogP contribution in [0.5, 0.6) is 0 Å². The van der Waals surface area contributed by atoms with Crippen molar-refractivity contribution in [2.45, 2.75) is 13.5 Å². The van der Waals surface area contributed by atoms with Crippen LogP contribution >= 0.6 is 0 Å². The minimum atomic E-state index is 0.405. The molecule has 13 heavy (non-hydrogen) atoms. The maximum Gasteiger partial charge on any atom is 0.139 e. The molecule has 0 unspecified atom stereocenters. The maximum atomic E-state index is 8.59. The molecular weight excluding hydrogens is 168 g/mol. The Kier molecular flexibility index (Phi) is 3.29. The smallest absolute Gasteiger partial charge is 0.139 e. The summed E-state index contributed by atoms with van der Waals surface area (Å²) in [6.45, 7) is 3.74. The summed E-state index contributed by atoms with van der Waals surface area (Å²) in [6.07, 6.45) is 1.46. The number of nitrogens with zero attached hydrogens (tertiary/aromatic N) is 3. The highest BCUT2D eigenvalue weighted by molar-refractivity contribution is 5.47. The van der Waals surface area contributed by atoms with Crippen molar-refractivity contribution in [3.63, 3.8) is 0 Å². The van der Waals surface area contributed by atoms with Crippen molar-refractivity contribution in [3.05, 3.63) is 11.8 Å². The molecule has 0 saturated carbocycles. The lowest BCUT2D eigenvalue weighted by Gasteiger charge is -2.03. The van der Waals surface area contributed by atoms with Gasteiger partial charge in [0.1, 0.15) is 17.5 Å². The molecule has 1 heterocycles. The Morgan fingerprint density at radius 2 is 2.54 bits per heavy atom. The van der Waals surface area contributed by atoms with Gasteiger partial charge in [-0.2, -0.15) is 10.4 Å². The number of nitrogen functional groups attached to an aromatic ring is 1. The predicted octanol–water partition coefficient (Wildman–Crippen LogP) is 0.373. The number of nitriles is 1. The first-order valence-electron chi connectivity index (χ1n) is 4.08. The first-order valence-corrected chi connectivity index (χ1v) is 4.08. The van der Waals surface area contributed by atoms with E-state index in [-0.39, 0.29) is 0 Å². The van der Waals surface area contributed by atoms with Gasteiger partial charge in [0, 0.05) is 6.61 Å². The van der Waals surface area contributed by atoms with Crippen molar-refractivity contribution in [2.75, 3.05) is 18.9 Å². The molecule has 0 atom stereocenters. The van der Waals surface area contributed by atoms with E-state index < -0.39 is 0 Å². The molecule has 0 bridgehead atoms. The van der Waals surface area contributed by atoms with E-state index in [1.165, 1.54) is 6.20 Å². The van der Waals surface area contributed by atoms with E-state index in [1.54, 1.807) is 4.68 Å². The van der Waals surface area contributed by atoms with Crippen LogP contribution in [-0.4, -0.2) is 23.0 Å². The van der Waals surface area contributed by atoms with Gasteiger partial charge in [-0.05, 0) is 6.92 Å². The molecule has 0 amide bonds. The molecule has 0 aliphatic heterocycles. The Hall–Kier alpha value is -1.54. The average Bonchev–Trinajstić information content (AvgIpc) is 2.48. The summed E-state index contributed by atoms with van der Waals surface area (Å²) in [5.41, 5.74) is 6.03. The zero-order valence-electron chi connectivity index (χ0n) is 7.53. The van der Waals surface area contributed by atoms with Gasteiger partial charge in [0.2, 0.25) is 0 Å². The van der Waals surface area contributed by atoms with Crippen LogP contribution in [0.25, 0.3) is 0 Å². The van der Waals surface area contributed by atoms with E-state index >= 15 is 0 Å². The number of nitrogens with two attached hydrogens (primary N) is 1. The zero-order valence-corrected chi connectivity index (χ0v) is 7.53. The van der Waals surface area contributed by atoms with Crippen LogP contribution in [0.2, 0.25) is 0 Å². The quantitative estimate of drug-likeness (QED) is 0.679. The van der Waals surface area contributed by atoms with Gasteiger partial charge >= 0.3 is 0 Å². The van der Waals surface area contributed by atoms with Crippen molar-refractivity contribution in [2.24, 2.45) is 0 Å². The van der Waals surface area contributed by atoms with Crippen molar-refractivity contribution >= 4 is 5.82 Å². The summed E-state index contributed by atoms with van der Waals surface area (Å²) in [7, 11) is 0. The molecule has 2 N–H and O–H groups in total. The fraction of sp³-hybridized carbons (Fsp3) is 0.500. The second kappa shape index (κ2) is 4.48. The normalized spacial score (nSPS) is 9.85. The molecule has 1 aromatic heterocycles. The van der Waals surface area contributed by atoms with Gasteiger partial charge in [-0.3, -0.25) is 0 Å². The first kappa shape index (κ1) is 9.55. The largest absolute Gasteiger partial charge is 0.383 e. The molecule has 0 aromatic carbocycles. The maximum absolute atomic E-state index is 8.59. The molecule has 0 aliphatic rings. The topological polar surface area (TPSA) is 76.9 Å². The third kappa shape index (κ3) is 2.20. The highest BCUT2D eigenvalue weighted by atomic mass is 16.5. The Bertz CT molecular complexity index is 312. The summed E-state index contributed by atoms with van der Waals surface area (Å²) in [6, 6.07) is 1.96. The van der Waals surface area contributed by atoms with Gasteiger partial charge in [0.25, 0.3) is 0 Å². The Balaban J connectivity index is 2.58. The molecule has 0 aliphatic carbocycles. The van der Waals surface area contributed by atoms with Gasteiger partial charge in [-0.1, -0.05) is 0 Å². The zero-order chi connectivity index (χ0) is 9.68. The van der Waals surface area contributed by atoms with Crippen LogP contribution in [0.4, 0.5) is 5.82 Å². The number of hydrogen-bond donors (Lipinski definition) is 1. The summed E-state index contributed by atoms with van der Waals surface area (Å²) in [5.74, 6) is 0.405. The van der Waals surface area contributed by atoms with Gasteiger partial charge in [-0.25, -0.2) is 4.68 Å². The van der Waals surface area contributed by atoms with E-state index in [2.05, 4.69) is 5.10 Å². The molecule has 1 rings (SSSR count). The van der Waals surface area contributed by atoms with Crippen LogP contribution in [-0.2, 0) is 11.3 Å². The SMILES string of the molecule is CCOCCn1ncc(C#N)c1N. The second-order valence-electron chi connectivity index (χ2n) is 2.48. The third-order valence-corrected chi connectivity index (χ3v) is 1.65. The lowest BCUT2D eigenvalue weighted by Crippen LogP contribution is -2.10. The minimum Gasteiger partial charge on any atom is -0.383 e. The third-order valence-electron chi connectivity index (χ3n) is 1.65. The number of anilines is 1. The van der Waals surface area contributed by atoms with Gasteiger partial charge < -0.3 is 10.5 Å². The molecule has 0 saturated heterocycles. The number of ether oxygens (including phenoxy) is 1. The van der Waals surface area contributed by atoms with Gasteiger partial charge in [0.05, 0.1) is 19.3 Å². The molecule has 1 aromatic rings. The lowest BCUT2D eigenvalue weighted by molar-refractivity contribution is 0.137. The van der Waals surface area contributed by atoms with E-state index in [0.717, 1.165) is 0 Å². The van der Waals surface area contributed by atoms with Crippen LogP contribution in [0.15, 0.2) is 6.20 Å². The summed E-state index contributed by atoms with van der Waals surface area (Å²) in [5, 5.41) is 12.5. The van der Waals surface area contributed by atoms with Crippen molar-refractivity contribution in [1.82, 2.24) is 9.78 Å². The van der Waals surface area contributed by atoms with E-state index in [0.29, 0.717) is 31.1 Å². The average molecular weight is 180 g/mol. The monoisotopic (exact) mass is 180 g/mol. The fourth-order valence-electron chi connectivity index (χ4n) is 0.954. The van der Waals surface area contributed by atoms with Crippen LogP contribution < -0.4 is 5.73 Å². The Morgan fingerprint density at radius 1 is 1.77 bits per heavy atom. The summed E-state index contributed by atoms with van der Waals surface area (Å²) in [4.78, 5) is 0. The lowest BCUT2D eigenvalue weighted by atomic mass is 10.4. The summed E-state index contributed by atoms with van der Waals surface area (Å²) < 4.78 is 6.70. The van der Waals surface area contributed by atoms with Gasteiger partial charge in [-0.15, -0.1) is 0 Å². The van der Waals surface area contributed by atoms with Crippen LogP contribution in [0.1, 0.15) is 12.5 Å². The Labute approximate surface area is 76.7 Å². The molecule has 0 fully saturated rings. The highest BCUT2D eigenvalue weighted by Crippen LogP contribution is 2.08. The first-order chi connectivity index (χ1) is 6.29. The van der Waals surface area contributed by atoms with Crippen molar-refractivity contribution in [3.8, 4) is 6.07 Å². The van der Waals surface area contributed by atoms with Crippen LogP contribution in [0.3, 0.4) is 0 Å². The molecule has 5 nitrogen and oxygen atoms in total.